The summed E-state index contributed by atoms with van der Waals surface area (Å²) in [5.41, 5.74) is 8.81. The number of anilines is 3. The van der Waals surface area contributed by atoms with Crippen molar-refractivity contribution >= 4 is 17.5 Å². The van der Waals surface area contributed by atoms with E-state index in [2.05, 4.69) is 20.6 Å². The molecule has 0 aliphatic heterocycles. The molecule has 1 fully saturated rings. The van der Waals surface area contributed by atoms with E-state index < -0.39 is 0 Å². The molecule has 0 atom stereocenters. The molecule has 0 bridgehead atoms. The zero-order valence-corrected chi connectivity index (χ0v) is 13.8. The Hall–Kier alpha value is -2.18. The van der Waals surface area contributed by atoms with E-state index in [9.17, 15) is 0 Å². The van der Waals surface area contributed by atoms with E-state index in [0.717, 1.165) is 30.0 Å². The smallest absolute Gasteiger partial charge is 0.229 e. The lowest BCUT2D eigenvalue weighted by Gasteiger charge is -2.12. The first kappa shape index (κ1) is 16.7. The molecule has 24 heavy (non-hydrogen) atoms. The van der Waals surface area contributed by atoms with Crippen LogP contribution in [0.15, 0.2) is 30.5 Å². The molecule has 0 unspecified atom stereocenters. The highest BCUT2D eigenvalue weighted by molar-refractivity contribution is 5.57. The first-order chi connectivity index (χ1) is 11.8. The number of nitrogens with zero attached hydrogens (tertiary/aromatic N) is 2. The molecule has 1 aromatic heterocycles. The zero-order valence-electron chi connectivity index (χ0n) is 13.8. The van der Waals surface area contributed by atoms with Gasteiger partial charge in [0.15, 0.2) is 0 Å². The van der Waals surface area contributed by atoms with Gasteiger partial charge in [-0.15, -0.1) is 0 Å². The Labute approximate surface area is 142 Å². The second-order valence-corrected chi connectivity index (χ2v) is 6.14. The summed E-state index contributed by atoms with van der Waals surface area (Å²) in [6, 6.07) is 7.95. The maximum atomic E-state index is 8.97. The molecule has 6 heteroatoms. The highest BCUT2D eigenvalue weighted by atomic mass is 16.2. The molecule has 0 radical (unpaired) electrons. The minimum absolute atomic E-state index is 0.163. The minimum atomic E-state index is 0.163. The number of rotatable bonds is 9. The fraction of sp³-hybridized carbons (Fsp3) is 0.444. The van der Waals surface area contributed by atoms with Gasteiger partial charge in [0, 0.05) is 30.6 Å². The molecule has 6 nitrogen and oxygen atoms in total. The third-order valence-electron chi connectivity index (χ3n) is 4.12. The van der Waals surface area contributed by atoms with Crippen LogP contribution < -0.4 is 16.4 Å². The summed E-state index contributed by atoms with van der Waals surface area (Å²) in [7, 11) is 0. The fourth-order valence-corrected chi connectivity index (χ4v) is 2.61. The third-order valence-corrected chi connectivity index (χ3v) is 4.12. The monoisotopic (exact) mass is 327 g/mol. The van der Waals surface area contributed by atoms with Crippen LogP contribution in [0.2, 0.25) is 0 Å². The standard InChI is InChI=1S/C18H25N5O/c19-9-1-10-20-17-16(14-4-5-14)12-21-18(23-17)22-15-6-2-13(3-7-15)8-11-24/h2-3,6-7,12,14,24H,1,4-5,8-11,19H2,(H2,20,21,22,23). The Bertz CT molecular complexity index is 655. The van der Waals surface area contributed by atoms with Crippen molar-refractivity contribution in [3.8, 4) is 0 Å². The summed E-state index contributed by atoms with van der Waals surface area (Å²) in [6.45, 7) is 1.65. The number of aliphatic hydroxyl groups is 1. The van der Waals surface area contributed by atoms with E-state index in [4.69, 9.17) is 10.8 Å². The average molecular weight is 327 g/mol. The van der Waals surface area contributed by atoms with Gasteiger partial charge < -0.3 is 21.5 Å². The summed E-state index contributed by atoms with van der Waals surface area (Å²) >= 11 is 0. The predicted octanol–water partition coefficient (Wildman–Crippen LogP) is 2.39. The summed E-state index contributed by atoms with van der Waals surface area (Å²) in [6.07, 6.45) is 5.95. The van der Waals surface area contributed by atoms with Crippen molar-refractivity contribution in [3.63, 3.8) is 0 Å². The number of benzene rings is 1. The van der Waals surface area contributed by atoms with Crippen LogP contribution >= 0.6 is 0 Å². The Morgan fingerprint density at radius 2 is 2.00 bits per heavy atom. The lowest BCUT2D eigenvalue weighted by Crippen LogP contribution is -2.12. The lowest BCUT2D eigenvalue weighted by molar-refractivity contribution is 0.299. The normalized spacial score (nSPS) is 13.8. The number of aromatic nitrogens is 2. The molecular weight excluding hydrogens is 302 g/mol. The van der Waals surface area contributed by atoms with Crippen molar-refractivity contribution in [2.75, 3.05) is 30.3 Å². The van der Waals surface area contributed by atoms with Gasteiger partial charge in [-0.1, -0.05) is 12.1 Å². The Morgan fingerprint density at radius 3 is 2.67 bits per heavy atom. The first-order valence-electron chi connectivity index (χ1n) is 8.58. The molecule has 2 aromatic rings. The fourth-order valence-electron chi connectivity index (χ4n) is 2.61. The Morgan fingerprint density at radius 1 is 1.21 bits per heavy atom. The largest absolute Gasteiger partial charge is 0.396 e. The van der Waals surface area contributed by atoms with Gasteiger partial charge in [-0.3, -0.25) is 0 Å². The number of hydrogen-bond donors (Lipinski definition) is 4. The van der Waals surface area contributed by atoms with Crippen LogP contribution in [0, 0.1) is 0 Å². The van der Waals surface area contributed by atoms with Crippen LogP contribution in [-0.2, 0) is 6.42 Å². The highest BCUT2D eigenvalue weighted by Gasteiger charge is 2.27. The quantitative estimate of drug-likeness (QED) is 0.528. The summed E-state index contributed by atoms with van der Waals surface area (Å²) in [5, 5.41) is 15.6. The SMILES string of the molecule is NCCCNc1nc(Nc2ccc(CCO)cc2)ncc1C1CC1. The lowest BCUT2D eigenvalue weighted by atomic mass is 10.1. The highest BCUT2D eigenvalue weighted by Crippen LogP contribution is 2.42. The van der Waals surface area contributed by atoms with Gasteiger partial charge in [-0.25, -0.2) is 4.98 Å². The Balaban J connectivity index is 1.71. The maximum Gasteiger partial charge on any atom is 0.229 e. The van der Waals surface area contributed by atoms with Gasteiger partial charge in [0.2, 0.25) is 5.95 Å². The number of hydrogen-bond acceptors (Lipinski definition) is 6. The molecular formula is C18H25N5O. The van der Waals surface area contributed by atoms with Crippen LogP contribution in [0.4, 0.5) is 17.5 Å². The van der Waals surface area contributed by atoms with Gasteiger partial charge >= 0.3 is 0 Å². The molecule has 0 spiro atoms. The van der Waals surface area contributed by atoms with Crippen molar-refractivity contribution in [1.29, 1.82) is 0 Å². The molecule has 128 valence electrons. The first-order valence-corrected chi connectivity index (χ1v) is 8.58. The van der Waals surface area contributed by atoms with Crippen LogP contribution in [0.1, 0.15) is 36.3 Å². The van der Waals surface area contributed by atoms with Crippen LogP contribution in [0.5, 0.6) is 0 Å². The predicted molar refractivity (Wildman–Crippen MR) is 96.7 cm³/mol. The van der Waals surface area contributed by atoms with Gasteiger partial charge in [0.1, 0.15) is 5.82 Å². The van der Waals surface area contributed by atoms with Crippen molar-refractivity contribution in [2.24, 2.45) is 5.73 Å². The molecule has 1 aromatic carbocycles. The van der Waals surface area contributed by atoms with E-state index in [-0.39, 0.29) is 6.61 Å². The van der Waals surface area contributed by atoms with Gasteiger partial charge in [0.05, 0.1) is 0 Å². The third kappa shape index (κ3) is 4.43. The zero-order chi connectivity index (χ0) is 16.8. The van der Waals surface area contributed by atoms with E-state index >= 15 is 0 Å². The van der Waals surface area contributed by atoms with Crippen molar-refractivity contribution in [1.82, 2.24) is 9.97 Å². The maximum absolute atomic E-state index is 8.97. The summed E-state index contributed by atoms with van der Waals surface area (Å²) in [4.78, 5) is 9.10. The molecule has 5 N–H and O–H groups in total. The molecule has 0 saturated heterocycles. The van der Waals surface area contributed by atoms with Crippen LogP contribution in [0.25, 0.3) is 0 Å². The summed E-state index contributed by atoms with van der Waals surface area (Å²) in [5.74, 6) is 2.10. The molecule has 1 heterocycles. The molecule has 1 saturated carbocycles. The molecule has 1 aliphatic carbocycles. The average Bonchev–Trinajstić information content (AvgIpc) is 3.42. The van der Waals surface area contributed by atoms with E-state index in [1.807, 2.05) is 30.5 Å². The Kier molecular flexibility index (Phi) is 5.61. The van der Waals surface area contributed by atoms with E-state index in [0.29, 0.717) is 24.8 Å². The summed E-state index contributed by atoms with van der Waals surface area (Å²) < 4.78 is 0. The van der Waals surface area contributed by atoms with E-state index in [1.165, 1.54) is 18.4 Å². The second-order valence-electron chi connectivity index (χ2n) is 6.14. The second kappa shape index (κ2) is 8.08. The van der Waals surface area contributed by atoms with E-state index in [1.54, 1.807) is 0 Å². The number of aliphatic hydroxyl groups excluding tert-OH is 1. The minimum Gasteiger partial charge on any atom is -0.396 e. The van der Waals surface area contributed by atoms with Crippen molar-refractivity contribution in [3.05, 3.63) is 41.6 Å². The van der Waals surface area contributed by atoms with Crippen molar-refractivity contribution in [2.45, 2.75) is 31.6 Å². The van der Waals surface area contributed by atoms with Gasteiger partial charge in [0.25, 0.3) is 0 Å². The molecule has 0 amide bonds. The van der Waals surface area contributed by atoms with Crippen LogP contribution in [-0.4, -0.2) is 34.8 Å². The van der Waals surface area contributed by atoms with Gasteiger partial charge in [-0.05, 0) is 55.8 Å². The number of nitrogens with two attached hydrogens (primary N) is 1. The van der Waals surface area contributed by atoms with Crippen molar-refractivity contribution < 1.29 is 5.11 Å². The number of nitrogens with one attached hydrogen (secondary N) is 2. The molecule has 3 rings (SSSR count). The molecule has 1 aliphatic rings. The topological polar surface area (TPSA) is 96.1 Å². The van der Waals surface area contributed by atoms with Gasteiger partial charge in [-0.2, -0.15) is 4.98 Å². The van der Waals surface area contributed by atoms with Crippen LogP contribution in [0.3, 0.4) is 0 Å².